The summed E-state index contributed by atoms with van der Waals surface area (Å²) >= 11 is 0. The average Bonchev–Trinajstić information content (AvgIpc) is 2.55. The van der Waals surface area contributed by atoms with Crippen molar-refractivity contribution in [3.05, 3.63) is 52.1 Å². The summed E-state index contributed by atoms with van der Waals surface area (Å²) in [7, 11) is 0. The van der Waals surface area contributed by atoms with E-state index < -0.39 is 0 Å². The van der Waals surface area contributed by atoms with Crippen LogP contribution in [0, 0.1) is 6.92 Å². The molecule has 2 aromatic carbocycles. The summed E-state index contributed by atoms with van der Waals surface area (Å²) in [6.07, 6.45) is 0.764. The van der Waals surface area contributed by atoms with Crippen LogP contribution in [-0.4, -0.2) is 21.1 Å². The van der Waals surface area contributed by atoms with Gasteiger partial charge in [0.1, 0.15) is 17.2 Å². The fraction of sp³-hybridized carbons (Fsp3) is 0.458. The Labute approximate surface area is 167 Å². The Morgan fingerprint density at radius 3 is 1.64 bits per heavy atom. The lowest BCUT2D eigenvalue weighted by Crippen LogP contribution is -2.18. The summed E-state index contributed by atoms with van der Waals surface area (Å²) < 4.78 is 0. The molecule has 0 aliphatic heterocycles. The normalized spacial score (nSPS) is 12.2. The van der Waals surface area contributed by atoms with Crippen LogP contribution in [0.5, 0.6) is 17.2 Å². The van der Waals surface area contributed by atoms with E-state index in [9.17, 15) is 20.1 Å². The maximum Gasteiger partial charge on any atom is 0.163 e. The first kappa shape index (κ1) is 21.8. The van der Waals surface area contributed by atoms with E-state index in [0.717, 1.165) is 16.7 Å². The minimum Gasteiger partial charge on any atom is -0.508 e. The van der Waals surface area contributed by atoms with Crippen molar-refractivity contribution in [2.45, 2.75) is 72.1 Å². The number of rotatable bonds is 4. The number of phenolic OH excluding ortho intramolecular Hbond substituents is 3. The van der Waals surface area contributed by atoms with Gasteiger partial charge in [0.2, 0.25) is 0 Å². The highest BCUT2D eigenvalue weighted by Crippen LogP contribution is 2.40. The molecule has 4 heteroatoms. The first-order valence-electron chi connectivity index (χ1n) is 9.64. The third-order valence-corrected chi connectivity index (χ3v) is 5.10. The molecule has 2 rings (SSSR count). The number of Topliss-reactive ketones (excluding diaryl/α,β-unsaturated/α-hetero) is 1. The molecule has 2 aromatic rings. The maximum absolute atomic E-state index is 12.6. The molecule has 0 amide bonds. The van der Waals surface area contributed by atoms with Gasteiger partial charge in [-0.2, -0.15) is 0 Å². The Balaban J connectivity index is 2.35. The van der Waals surface area contributed by atoms with Crippen molar-refractivity contribution in [2.24, 2.45) is 0 Å². The maximum atomic E-state index is 12.6. The van der Waals surface area contributed by atoms with Crippen LogP contribution in [0.1, 0.15) is 80.6 Å². The number of carbonyl (C=O) groups excluding carboxylic acids is 1. The molecule has 0 atom stereocenters. The van der Waals surface area contributed by atoms with Crippen molar-refractivity contribution < 1.29 is 20.1 Å². The van der Waals surface area contributed by atoms with Gasteiger partial charge in [0.05, 0.1) is 0 Å². The Morgan fingerprint density at radius 1 is 0.821 bits per heavy atom. The molecular weight excluding hydrogens is 352 g/mol. The van der Waals surface area contributed by atoms with Gasteiger partial charge in [-0.15, -0.1) is 0 Å². The van der Waals surface area contributed by atoms with Gasteiger partial charge in [-0.25, -0.2) is 0 Å². The van der Waals surface area contributed by atoms with E-state index in [0.29, 0.717) is 23.3 Å². The standard InChI is InChI=1S/C24H32O4/c1-14-20(26)12-16(13-21(14)27)19(25)9-8-15-10-17(23(2,3)4)22(28)18(11-15)24(5,6)7/h10-13,26-28H,8-9H2,1-7H3. The number of aromatic hydroxyl groups is 3. The van der Waals surface area contributed by atoms with Crippen LogP contribution in [0.4, 0.5) is 0 Å². The molecule has 0 heterocycles. The van der Waals surface area contributed by atoms with E-state index in [1.807, 2.05) is 12.1 Å². The minimum absolute atomic E-state index is 0.0852. The summed E-state index contributed by atoms with van der Waals surface area (Å²) in [5.74, 6) is 0.00721. The van der Waals surface area contributed by atoms with Gasteiger partial charge >= 0.3 is 0 Å². The highest BCUT2D eigenvalue weighted by atomic mass is 16.3. The first-order chi connectivity index (χ1) is 12.7. The summed E-state index contributed by atoms with van der Waals surface area (Å²) in [6.45, 7) is 13.9. The second-order valence-corrected chi connectivity index (χ2v) is 9.60. The number of hydrogen-bond donors (Lipinski definition) is 3. The monoisotopic (exact) mass is 384 g/mol. The van der Waals surface area contributed by atoms with Crippen molar-refractivity contribution in [2.75, 3.05) is 0 Å². The van der Waals surface area contributed by atoms with Crippen LogP contribution in [0.2, 0.25) is 0 Å². The lowest BCUT2D eigenvalue weighted by Gasteiger charge is -2.28. The van der Waals surface area contributed by atoms with Gasteiger partial charge in [0.15, 0.2) is 5.78 Å². The lowest BCUT2D eigenvalue weighted by molar-refractivity contribution is 0.0982. The number of phenols is 3. The Bertz CT molecular complexity index is 838. The van der Waals surface area contributed by atoms with Crippen molar-refractivity contribution in [1.29, 1.82) is 0 Å². The Hall–Kier alpha value is -2.49. The SMILES string of the molecule is Cc1c(O)cc(C(=O)CCc2cc(C(C)(C)C)c(O)c(C(C)(C)C)c2)cc1O. The molecule has 3 N–H and O–H groups in total. The van der Waals surface area contributed by atoms with Crippen LogP contribution >= 0.6 is 0 Å². The largest absolute Gasteiger partial charge is 0.508 e. The smallest absolute Gasteiger partial charge is 0.163 e. The Morgan fingerprint density at radius 2 is 1.25 bits per heavy atom. The van der Waals surface area contributed by atoms with Crippen molar-refractivity contribution >= 4 is 5.78 Å². The predicted molar refractivity (Wildman–Crippen MR) is 113 cm³/mol. The highest BCUT2D eigenvalue weighted by Gasteiger charge is 2.26. The number of carbonyl (C=O) groups is 1. The van der Waals surface area contributed by atoms with Gasteiger partial charge in [-0.1, -0.05) is 53.7 Å². The molecule has 0 radical (unpaired) electrons. The molecule has 0 unspecified atom stereocenters. The fourth-order valence-electron chi connectivity index (χ4n) is 3.23. The second kappa shape index (κ2) is 7.50. The number of aryl methyl sites for hydroxylation is 1. The van der Waals surface area contributed by atoms with Gasteiger partial charge in [-0.05, 0) is 53.0 Å². The molecule has 28 heavy (non-hydrogen) atoms. The third-order valence-electron chi connectivity index (χ3n) is 5.10. The van der Waals surface area contributed by atoms with Crippen molar-refractivity contribution in [3.63, 3.8) is 0 Å². The molecule has 0 aliphatic rings. The molecule has 0 aliphatic carbocycles. The van der Waals surface area contributed by atoms with E-state index in [2.05, 4.69) is 41.5 Å². The molecule has 0 spiro atoms. The van der Waals surface area contributed by atoms with Crippen molar-refractivity contribution in [3.8, 4) is 17.2 Å². The van der Waals surface area contributed by atoms with Crippen molar-refractivity contribution in [1.82, 2.24) is 0 Å². The number of hydrogen-bond acceptors (Lipinski definition) is 4. The van der Waals surface area contributed by atoms with E-state index >= 15 is 0 Å². The molecule has 0 fully saturated rings. The van der Waals surface area contributed by atoms with Crippen LogP contribution in [-0.2, 0) is 17.3 Å². The van der Waals surface area contributed by atoms with Gasteiger partial charge in [0, 0.05) is 17.5 Å². The zero-order valence-electron chi connectivity index (χ0n) is 18.0. The first-order valence-corrected chi connectivity index (χ1v) is 9.64. The highest BCUT2D eigenvalue weighted by molar-refractivity contribution is 5.97. The predicted octanol–water partition coefficient (Wildman–Crippen LogP) is 5.52. The van der Waals surface area contributed by atoms with Gasteiger partial charge in [0.25, 0.3) is 0 Å². The molecular formula is C24H32O4. The van der Waals surface area contributed by atoms with E-state index in [1.54, 1.807) is 6.92 Å². The minimum atomic E-state index is -0.224. The van der Waals surface area contributed by atoms with Crippen LogP contribution < -0.4 is 0 Å². The summed E-state index contributed by atoms with van der Waals surface area (Å²) in [6, 6.07) is 6.74. The van der Waals surface area contributed by atoms with Gasteiger partial charge in [-0.3, -0.25) is 4.79 Å². The third kappa shape index (κ3) is 4.67. The average molecular weight is 385 g/mol. The lowest BCUT2D eigenvalue weighted by atomic mass is 9.78. The van der Waals surface area contributed by atoms with E-state index in [-0.39, 0.29) is 34.5 Å². The second-order valence-electron chi connectivity index (χ2n) is 9.60. The summed E-state index contributed by atoms with van der Waals surface area (Å²) in [5.41, 5.74) is 2.94. The van der Waals surface area contributed by atoms with Crippen LogP contribution in [0.3, 0.4) is 0 Å². The molecule has 152 valence electrons. The fourth-order valence-corrected chi connectivity index (χ4v) is 3.23. The van der Waals surface area contributed by atoms with E-state index in [1.165, 1.54) is 12.1 Å². The van der Waals surface area contributed by atoms with Gasteiger partial charge < -0.3 is 15.3 Å². The summed E-state index contributed by atoms with van der Waals surface area (Å²) in [5, 5.41) is 30.5. The van der Waals surface area contributed by atoms with Crippen LogP contribution in [0.25, 0.3) is 0 Å². The quantitative estimate of drug-likeness (QED) is 0.606. The Kier molecular flexibility index (Phi) is 5.84. The number of benzene rings is 2. The molecule has 0 aromatic heterocycles. The molecule has 0 saturated carbocycles. The van der Waals surface area contributed by atoms with E-state index in [4.69, 9.17) is 0 Å². The zero-order chi connectivity index (χ0) is 21.4. The molecule has 0 saturated heterocycles. The zero-order valence-corrected chi connectivity index (χ0v) is 18.0. The topological polar surface area (TPSA) is 77.8 Å². The molecule has 4 nitrogen and oxygen atoms in total. The van der Waals surface area contributed by atoms with Crippen LogP contribution in [0.15, 0.2) is 24.3 Å². The number of ketones is 1. The summed E-state index contributed by atoms with van der Waals surface area (Å²) in [4.78, 5) is 12.6. The molecule has 0 bridgehead atoms.